The third-order valence-corrected chi connectivity index (χ3v) is 3.87. The molecule has 0 spiro atoms. The summed E-state index contributed by atoms with van der Waals surface area (Å²) in [5.41, 5.74) is 5.18. The quantitative estimate of drug-likeness (QED) is 0.741. The molecule has 6 nitrogen and oxygen atoms in total. The topological polar surface area (TPSA) is 101 Å². The minimum Gasteiger partial charge on any atom is -0.370 e. The Morgan fingerprint density at radius 3 is 2.57 bits per heavy atom. The van der Waals surface area contributed by atoms with E-state index in [0.29, 0.717) is 0 Å². The third-order valence-electron chi connectivity index (χ3n) is 3.87. The molecule has 0 bridgehead atoms. The monoisotopic (exact) mass is 321 g/mol. The van der Waals surface area contributed by atoms with Crippen LogP contribution in [-0.4, -0.2) is 24.3 Å². The second-order valence-corrected chi connectivity index (χ2v) is 5.64. The molecule has 0 aromatic heterocycles. The maximum Gasteiger partial charge on any atom is 0.251 e. The zero-order valence-corrected chi connectivity index (χ0v) is 12.7. The van der Waals surface area contributed by atoms with Crippen LogP contribution in [0, 0.1) is 11.7 Å². The summed E-state index contributed by atoms with van der Waals surface area (Å²) in [6, 6.07) is 3.75. The molecule has 2 rings (SSSR count). The lowest BCUT2D eigenvalue weighted by atomic mass is 10.1. The van der Waals surface area contributed by atoms with Crippen LogP contribution in [0.3, 0.4) is 0 Å². The summed E-state index contributed by atoms with van der Waals surface area (Å²) in [6.07, 6.45) is 3.64. The number of halogens is 1. The van der Waals surface area contributed by atoms with Crippen LogP contribution in [0.4, 0.5) is 10.1 Å². The van der Waals surface area contributed by atoms with Crippen molar-refractivity contribution < 1.29 is 18.8 Å². The lowest BCUT2D eigenvalue weighted by molar-refractivity contribution is -0.120. The molecule has 0 saturated heterocycles. The number of primary amides is 1. The Morgan fingerprint density at radius 1 is 1.22 bits per heavy atom. The predicted octanol–water partition coefficient (Wildman–Crippen LogP) is 1.56. The molecule has 7 heteroatoms. The van der Waals surface area contributed by atoms with Crippen LogP contribution in [0.5, 0.6) is 0 Å². The van der Waals surface area contributed by atoms with Crippen LogP contribution in [0.15, 0.2) is 18.2 Å². The Kier molecular flexibility index (Phi) is 5.67. The highest BCUT2D eigenvalue weighted by Gasteiger charge is 2.23. The van der Waals surface area contributed by atoms with E-state index in [4.69, 9.17) is 5.73 Å². The van der Waals surface area contributed by atoms with Gasteiger partial charge in [-0.3, -0.25) is 14.4 Å². The van der Waals surface area contributed by atoms with E-state index in [1.165, 1.54) is 12.1 Å². The van der Waals surface area contributed by atoms with Gasteiger partial charge < -0.3 is 16.4 Å². The summed E-state index contributed by atoms with van der Waals surface area (Å²) in [4.78, 5) is 34.6. The molecule has 1 aliphatic rings. The number of benzene rings is 1. The summed E-state index contributed by atoms with van der Waals surface area (Å²) in [5.74, 6) is -1.88. The van der Waals surface area contributed by atoms with Crippen LogP contribution in [0.1, 0.15) is 42.5 Å². The van der Waals surface area contributed by atoms with Crippen molar-refractivity contribution in [2.24, 2.45) is 11.7 Å². The predicted molar refractivity (Wildman–Crippen MR) is 83.1 cm³/mol. The van der Waals surface area contributed by atoms with Gasteiger partial charge in [-0.2, -0.15) is 0 Å². The SMILES string of the molecule is NC(=O)CCNC(=O)c1ccc(F)c(NC(=O)C2CCCC2)c1. The summed E-state index contributed by atoms with van der Waals surface area (Å²) >= 11 is 0. The largest absolute Gasteiger partial charge is 0.370 e. The number of hydrogen-bond acceptors (Lipinski definition) is 3. The van der Waals surface area contributed by atoms with E-state index in [9.17, 15) is 18.8 Å². The van der Waals surface area contributed by atoms with Crippen LogP contribution >= 0.6 is 0 Å². The van der Waals surface area contributed by atoms with Gasteiger partial charge in [0, 0.05) is 24.4 Å². The highest BCUT2D eigenvalue weighted by Crippen LogP contribution is 2.26. The standard InChI is InChI=1S/C16H20FN3O3/c17-12-6-5-11(15(22)19-8-7-14(18)21)9-13(12)20-16(23)10-3-1-2-4-10/h5-6,9-10H,1-4,7-8H2,(H2,18,21)(H,19,22)(H,20,23). The molecule has 1 aromatic rings. The van der Waals surface area contributed by atoms with E-state index in [1.807, 2.05) is 0 Å². The minimum atomic E-state index is -0.593. The van der Waals surface area contributed by atoms with Crippen molar-refractivity contribution in [1.82, 2.24) is 5.32 Å². The molecule has 124 valence electrons. The van der Waals surface area contributed by atoms with Crippen LogP contribution < -0.4 is 16.4 Å². The van der Waals surface area contributed by atoms with Gasteiger partial charge in [0.05, 0.1) is 5.69 Å². The van der Waals surface area contributed by atoms with Gasteiger partial charge in [0.25, 0.3) is 5.91 Å². The first-order valence-electron chi connectivity index (χ1n) is 7.64. The van der Waals surface area contributed by atoms with Crippen molar-refractivity contribution in [1.29, 1.82) is 0 Å². The van der Waals surface area contributed by atoms with Gasteiger partial charge in [0.15, 0.2) is 0 Å². The van der Waals surface area contributed by atoms with Gasteiger partial charge >= 0.3 is 0 Å². The Labute approximate surface area is 133 Å². The smallest absolute Gasteiger partial charge is 0.251 e. The van der Waals surface area contributed by atoms with Gasteiger partial charge in [-0.15, -0.1) is 0 Å². The average Bonchev–Trinajstić information content (AvgIpc) is 3.03. The lowest BCUT2D eigenvalue weighted by Gasteiger charge is -2.12. The van der Waals surface area contributed by atoms with Crippen molar-refractivity contribution in [3.63, 3.8) is 0 Å². The summed E-state index contributed by atoms with van der Waals surface area (Å²) < 4.78 is 13.8. The third kappa shape index (κ3) is 4.77. The molecule has 1 aromatic carbocycles. The maximum absolute atomic E-state index is 13.8. The zero-order chi connectivity index (χ0) is 16.8. The second-order valence-electron chi connectivity index (χ2n) is 5.64. The molecule has 1 saturated carbocycles. The van der Waals surface area contributed by atoms with Crippen LogP contribution in [0.2, 0.25) is 0 Å². The van der Waals surface area contributed by atoms with E-state index in [0.717, 1.165) is 31.7 Å². The number of anilines is 1. The molecule has 1 fully saturated rings. The van der Waals surface area contributed by atoms with Gasteiger partial charge in [-0.25, -0.2) is 4.39 Å². The Hall–Kier alpha value is -2.44. The normalized spacial score (nSPS) is 14.5. The molecule has 0 aliphatic heterocycles. The first-order chi connectivity index (χ1) is 11.0. The van der Waals surface area contributed by atoms with E-state index in [-0.39, 0.29) is 36.0 Å². The Bertz CT molecular complexity index is 613. The number of carbonyl (C=O) groups is 3. The lowest BCUT2D eigenvalue weighted by Crippen LogP contribution is -2.28. The molecule has 23 heavy (non-hydrogen) atoms. The molecule has 3 amide bonds. The van der Waals surface area contributed by atoms with Crippen molar-refractivity contribution >= 4 is 23.4 Å². The highest BCUT2D eigenvalue weighted by molar-refractivity contribution is 5.98. The van der Waals surface area contributed by atoms with Gasteiger partial charge in [0.1, 0.15) is 5.82 Å². The average molecular weight is 321 g/mol. The van der Waals surface area contributed by atoms with E-state index in [2.05, 4.69) is 10.6 Å². The molecular formula is C16H20FN3O3. The Morgan fingerprint density at radius 2 is 1.91 bits per heavy atom. The molecule has 1 aliphatic carbocycles. The van der Waals surface area contributed by atoms with E-state index < -0.39 is 17.6 Å². The molecule has 0 unspecified atom stereocenters. The fourth-order valence-electron chi connectivity index (χ4n) is 2.59. The summed E-state index contributed by atoms with van der Waals surface area (Å²) in [6.45, 7) is 0.106. The van der Waals surface area contributed by atoms with Crippen LogP contribution in [0.25, 0.3) is 0 Å². The zero-order valence-electron chi connectivity index (χ0n) is 12.7. The second kappa shape index (κ2) is 7.71. The number of carbonyl (C=O) groups excluding carboxylic acids is 3. The number of nitrogens with one attached hydrogen (secondary N) is 2. The Balaban J connectivity index is 2.01. The van der Waals surface area contributed by atoms with Crippen molar-refractivity contribution in [2.45, 2.75) is 32.1 Å². The number of rotatable bonds is 6. The van der Waals surface area contributed by atoms with E-state index >= 15 is 0 Å². The molecule has 0 atom stereocenters. The first-order valence-corrected chi connectivity index (χ1v) is 7.64. The van der Waals surface area contributed by atoms with Crippen molar-refractivity contribution in [3.8, 4) is 0 Å². The minimum absolute atomic E-state index is 0.00977. The highest BCUT2D eigenvalue weighted by atomic mass is 19.1. The molecule has 0 heterocycles. The van der Waals surface area contributed by atoms with Crippen molar-refractivity contribution in [2.75, 3.05) is 11.9 Å². The number of amides is 3. The fourth-order valence-corrected chi connectivity index (χ4v) is 2.59. The number of hydrogen-bond donors (Lipinski definition) is 3. The molecule has 4 N–H and O–H groups in total. The first kappa shape index (κ1) is 16.9. The summed E-state index contributed by atoms with van der Waals surface area (Å²) in [5, 5.41) is 5.06. The van der Waals surface area contributed by atoms with E-state index in [1.54, 1.807) is 0 Å². The maximum atomic E-state index is 13.8. The van der Waals surface area contributed by atoms with Gasteiger partial charge in [-0.1, -0.05) is 12.8 Å². The fraction of sp³-hybridized carbons (Fsp3) is 0.438. The summed E-state index contributed by atoms with van der Waals surface area (Å²) in [7, 11) is 0. The molecule has 0 radical (unpaired) electrons. The van der Waals surface area contributed by atoms with Crippen LogP contribution in [-0.2, 0) is 9.59 Å². The molecular weight excluding hydrogens is 301 g/mol. The number of nitrogens with two attached hydrogens (primary N) is 1. The van der Waals surface area contributed by atoms with Crippen molar-refractivity contribution in [3.05, 3.63) is 29.6 Å². The van der Waals surface area contributed by atoms with Gasteiger partial charge in [-0.05, 0) is 31.0 Å². The van der Waals surface area contributed by atoms with Gasteiger partial charge in [0.2, 0.25) is 11.8 Å².